The van der Waals surface area contributed by atoms with E-state index in [0.717, 1.165) is 19.4 Å². The van der Waals surface area contributed by atoms with Gasteiger partial charge in [0.2, 0.25) is 0 Å². The van der Waals surface area contributed by atoms with Crippen LogP contribution in [0.3, 0.4) is 0 Å². The fraction of sp³-hybridized carbons (Fsp3) is 0.846. The molecule has 1 aliphatic heterocycles. The number of hydrogen-bond acceptors (Lipinski definition) is 3. The van der Waals surface area contributed by atoms with E-state index in [0.29, 0.717) is 12.5 Å². The van der Waals surface area contributed by atoms with Crippen molar-refractivity contribution in [2.24, 2.45) is 5.92 Å². The highest BCUT2D eigenvalue weighted by Crippen LogP contribution is 2.31. The molecule has 0 saturated carbocycles. The van der Waals surface area contributed by atoms with Crippen molar-refractivity contribution < 1.29 is 9.29 Å². The second-order valence-corrected chi connectivity index (χ2v) is 7.84. The summed E-state index contributed by atoms with van der Waals surface area (Å²) in [6, 6.07) is 0. The molecule has 0 aromatic heterocycles. The van der Waals surface area contributed by atoms with E-state index >= 15 is 0 Å². The van der Waals surface area contributed by atoms with Gasteiger partial charge in [0.25, 0.3) is 0 Å². The average molecular weight is 259 g/mol. The zero-order chi connectivity index (χ0) is 13.1. The van der Waals surface area contributed by atoms with Crippen LogP contribution >= 0.6 is 0 Å². The molecule has 1 heterocycles. The van der Waals surface area contributed by atoms with Crippen molar-refractivity contribution in [1.29, 1.82) is 0 Å². The third-order valence-corrected chi connectivity index (χ3v) is 5.06. The van der Waals surface area contributed by atoms with Crippen molar-refractivity contribution >= 4 is 11.4 Å². The molecule has 4 heteroatoms. The minimum Gasteiger partial charge on any atom is -0.598 e. The summed E-state index contributed by atoms with van der Waals surface area (Å²) in [6.07, 6.45) is 3.68. The molecular formula is C13H25NO2S. The first kappa shape index (κ1) is 15.0. The van der Waals surface area contributed by atoms with E-state index in [-0.39, 0.29) is 10.3 Å². The lowest BCUT2D eigenvalue weighted by molar-refractivity contribution is -0.00252. The molecule has 3 atom stereocenters. The molecule has 0 aromatic rings. The molecule has 3 nitrogen and oxygen atoms in total. The zero-order valence-corrected chi connectivity index (χ0v) is 12.2. The van der Waals surface area contributed by atoms with Gasteiger partial charge in [-0.15, -0.1) is 11.3 Å². The lowest BCUT2D eigenvalue weighted by atomic mass is 9.80. The van der Waals surface area contributed by atoms with Crippen LogP contribution in [0.5, 0.6) is 0 Å². The summed E-state index contributed by atoms with van der Waals surface area (Å²) in [5.41, 5.74) is -0.224. The van der Waals surface area contributed by atoms with E-state index < -0.39 is 11.4 Å². The smallest absolute Gasteiger partial charge is 0.136 e. The summed E-state index contributed by atoms with van der Waals surface area (Å²) in [5, 5.41) is 0. The van der Waals surface area contributed by atoms with E-state index in [1.807, 2.05) is 26.8 Å². The minimum absolute atomic E-state index is 0.224. The van der Waals surface area contributed by atoms with Crippen molar-refractivity contribution in [2.45, 2.75) is 50.8 Å². The highest BCUT2D eigenvalue weighted by Gasteiger charge is 2.44. The van der Waals surface area contributed by atoms with Gasteiger partial charge in [-0.05, 0) is 39.5 Å². The van der Waals surface area contributed by atoms with E-state index in [9.17, 15) is 4.55 Å². The zero-order valence-electron chi connectivity index (χ0n) is 11.4. The summed E-state index contributed by atoms with van der Waals surface area (Å²) >= 11 is -1.07. The number of rotatable bonds is 4. The predicted octanol–water partition coefficient (Wildman–Crippen LogP) is 2.41. The van der Waals surface area contributed by atoms with E-state index in [2.05, 4.69) is 18.2 Å². The van der Waals surface area contributed by atoms with Crippen LogP contribution in [0.2, 0.25) is 0 Å². The van der Waals surface area contributed by atoms with Gasteiger partial charge in [-0.2, -0.15) is 0 Å². The standard InChI is InChI=1S/C13H25NO2S/c1-6-8-13(10-16-9-7-11(13)2)14-17(15)12(3,4)5/h6,11,14H,1,7-10H2,2-5H3/t11-,13+,17+/m0/s1. The molecule has 100 valence electrons. The predicted molar refractivity (Wildman–Crippen MR) is 73.2 cm³/mol. The van der Waals surface area contributed by atoms with Gasteiger partial charge in [0.15, 0.2) is 0 Å². The van der Waals surface area contributed by atoms with Gasteiger partial charge in [-0.1, -0.05) is 13.0 Å². The number of hydrogen-bond donors (Lipinski definition) is 1. The summed E-state index contributed by atoms with van der Waals surface area (Å²) in [6.45, 7) is 13.3. The van der Waals surface area contributed by atoms with Gasteiger partial charge in [-0.3, -0.25) is 0 Å². The van der Waals surface area contributed by atoms with Crippen LogP contribution < -0.4 is 4.72 Å². The van der Waals surface area contributed by atoms with Crippen LogP contribution in [0.25, 0.3) is 0 Å². The maximum absolute atomic E-state index is 12.3. The third-order valence-electron chi connectivity index (χ3n) is 3.36. The fourth-order valence-corrected chi connectivity index (χ4v) is 2.98. The van der Waals surface area contributed by atoms with Crippen LogP contribution in [0.4, 0.5) is 0 Å². The SMILES string of the molecule is C=CC[C@@]1(N[S@+]([O-])C(C)(C)C)COCC[C@@H]1C. The normalized spacial score (nSPS) is 32.2. The Morgan fingerprint density at radius 3 is 2.71 bits per heavy atom. The highest BCUT2D eigenvalue weighted by molar-refractivity contribution is 7.90. The number of ether oxygens (including phenoxy) is 1. The molecule has 1 aliphatic rings. The van der Waals surface area contributed by atoms with E-state index in [1.165, 1.54) is 0 Å². The molecule has 1 N–H and O–H groups in total. The van der Waals surface area contributed by atoms with Crippen LogP contribution in [0, 0.1) is 5.92 Å². The van der Waals surface area contributed by atoms with E-state index in [1.54, 1.807) is 0 Å². The van der Waals surface area contributed by atoms with Crippen LogP contribution in [0.1, 0.15) is 40.5 Å². The Bertz CT molecular complexity index is 265. The van der Waals surface area contributed by atoms with Gasteiger partial charge < -0.3 is 9.29 Å². The molecule has 0 aromatic carbocycles. The molecule has 0 unspecified atom stereocenters. The summed E-state index contributed by atoms with van der Waals surface area (Å²) in [7, 11) is 0. The van der Waals surface area contributed by atoms with Gasteiger partial charge in [0.1, 0.15) is 4.75 Å². The van der Waals surface area contributed by atoms with Crippen LogP contribution in [-0.4, -0.2) is 28.1 Å². The number of nitrogens with one attached hydrogen (secondary N) is 1. The Hall–Kier alpha value is -0.0300. The first-order chi connectivity index (χ1) is 7.82. The minimum atomic E-state index is -1.07. The largest absolute Gasteiger partial charge is 0.598 e. The van der Waals surface area contributed by atoms with Crippen molar-refractivity contribution in [3.05, 3.63) is 12.7 Å². The lowest BCUT2D eigenvalue weighted by Crippen LogP contribution is -2.60. The molecule has 0 bridgehead atoms. The Morgan fingerprint density at radius 2 is 2.24 bits per heavy atom. The Balaban J connectivity index is 2.80. The maximum Gasteiger partial charge on any atom is 0.136 e. The molecule has 1 rings (SSSR count). The lowest BCUT2D eigenvalue weighted by Gasteiger charge is -2.43. The van der Waals surface area contributed by atoms with E-state index in [4.69, 9.17) is 4.74 Å². The molecule has 0 amide bonds. The Kier molecular flexibility index (Phi) is 5.07. The monoisotopic (exact) mass is 259 g/mol. The van der Waals surface area contributed by atoms with Crippen molar-refractivity contribution in [2.75, 3.05) is 13.2 Å². The summed E-state index contributed by atoms with van der Waals surface area (Å²) < 4.78 is 20.9. The van der Waals surface area contributed by atoms with Gasteiger partial charge in [-0.25, -0.2) is 0 Å². The Labute approximate surface area is 108 Å². The highest BCUT2D eigenvalue weighted by atomic mass is 32.2. The molecule has 0 radical (unpaired) electrons. The Morgan fingerprint density at radius 1 is 1.59 bits per heavy atom. The molecule has 0 spiro atoms. The summed E-state index contributed by atoms with van der Waals surface area (Å²) in [5.74, 6) is 0.445. The van der Waals surface area contributed by atoms with Crippen LogP contribution in [-0.2, 0) is 16.1 Å². The van der Waals surface area contributed by atoms with Crippen molar-refractivity contribution in [3.8, 4) is 0 Å². The van der Waals surface area contributed by atoms with Gasteiger partial charge >= 0.3 is 0 Å². The second kappa shape index (κ2) is 5.74. The average Bonchev–Trinajstić information content (AvgIpc) is 2.21. The fourth-order valence-electron chi connectivity index (χ4n) is 1.96. The first-order valence-corrected chi connectivity index (χ1v) is 7.35. The van der Waals surface area contributed by atoms with Crippen molar-refractivity contribution in [3.63, 3.8) is 0 Å². The maximum atomic E-state index is 12.3. The quantitative estimate of drug-likeness (QED) is 0.623. The third kappa shape index (κ3) is 3.71. The van der Waals surface area contributed by atoms with Crippen molar-refractivity contribution in [1.82, 2.24) is 4.72 Å². The molecule has 0 aliphatic carbocycles. The molecule has 17 heavy (non-hydrogen) atoms. The molecular weight excluding hydrogens is 234 g/mol. The second-order valence-electron chi connectivity index (χ2n) is 5.87. The molecule has 1 fully saturated rings. The first-order valence-electron chi connectivity index (χ1n) is 6.20. The van der Waals surface area contributed by atoms with Gasteiger partial charge in [0, 0.05) is 18.0 Å². The topological polar surface area (TPSA) is 44.3 Å². The van der Waals surface area contributed by atoms with Gasteiger partial charge in [0.05, 0.1) is 12.1 Å². The summed E-state index contributed by atoms with van der Waals surface area (Å²) in [4.78, 5) is 0. The van der Waals surface area contributed by atoms with Crippen LogP contribution in [0.15, 0.2) is 12.7 Å². The molecule has 1 saturated heterocycles.